The van der Waals surface area contributed by atoms with E-state index >= 15 is 0 Å². The highest BCUT2D eigenvalue weighted by Gasteiger charge is 2.16. The monoisotopic (exact) mass is 411 g/mol. The van der Waals surface area contributed by atoms with E-state index in [0.29, 0.717) is 36.0 Å². The van der Waals surface area contributed by atoms with E-state index in [4.69, 9.17) is 15.6 Å². The van der Waals surface area contributed by atoms with E-state index in [0.717, 1.165) is 11.1 Å². The molecule has 2 aromatic heterocycles. The molecule has 1 aromatic carbocycles. The van der Waals surface area contributed by atoms with Gasteiger partial charge in [-0.15, -0.1) is 0 Å². The van der Waals surface area contributed by atoms with Crippen LogP contribution in [0, 0.1) is 5.92 Å². The van der Waals surface area contributed by atoms with Crippen molar-refractivity contribution in [3.8, 4) is 11.4 Å². The quantitative estimate of drug-likeness (QED) is 0.581. The third kappa shape index (κ3) is 5.12. The van der Waals surface area contributed by atoms with E-state index in [9.17, 15) is 9.59 Å². The number of aliphatic hydroxyl groups is 1. The molecule has 1 amide bonds. The Morgan fingerprint density at radius 2 is 2.10 bits per heavy atom. The molecule has 2 heterocycles. The lowest BCUT2D eigenvalue weighted by molar-refractivity contribution is 0.210. The van der Waals surface area contributed by atoms with Gasteiger partial charge in [0.15, 0.2) is 0 Å². The van der Waals surface area contributed by atoms with E-state index in [2.05, 4.69) is 24.0 Å². The molecule has 0 bridgehead atoms. The number of carbonyl (C=O) groups is 1. The van der Waals surface area contributed by atoms with Gasteiger partial charge in [0.1, 0.15) is 17.1 Å². The van der Waals surface area contributed by atoms with Crippen LogP contribution in [0.25, 0.3) is 5.69 Å². The van der Waals surface area contributed by atoms with E-state index in [1.165, 1.54) is 6.07 Å². The summed E-state index contributed by atoms with van der Waals surface area (Å²) in [5.74, 6) is 0.703. The molecule has 0 aliphatic carbocycles. The van der Waals surface area contributed by atoms with Gasteiger partial charge in [0.2, 0.25) is 5.43 Å². The summed E-state index contributed by atoms with van der Waals surface area (Å²) in [5.41, 5.74) is 7.73. The zero-order chi connectivity index (χ0) is 21.7. The fraction of sp³-hybridized carbons (Fsp3) is 0.333. The second-order valence-electron chi connectivity index (χ2n) is 7.35. The Labute approximate surface area is 173 Å². The van der Waals surface area contributed by atoms with Crippen LogP contribution in [-0.2, 0) is 19.4 Å². The van der Waals surface area contributed by atoms with Gasteiger partial charge in [-0.3, -0.25) is 9.48 Å². The summed E-state index contributed by atoms with van der Waals surface area (Å²) in [6.45, 7) is 4.47. The van der Waals surface area contributed by atoms with Gasteiger partial charge in [-0.2, -0.15) is 10.2 Å². The van der Waals surface area contributed by atoms with Crippen LogP contribution in [0.3, 0.4) is 0 Å². The van der Waals surface area contributed by atoms with Crippen molar-refractivity contribution in [2.45, 2.75) is 33.2 Å². The average Bonchev–Trinajstić information content (AvgIpc) is 3.14. The first-order chi connectivity index (χ1) is 14.4. The minimum absolute atomic E-state index is 0.0215. The lowest BCUT2D eigenvalue weighted by Gasteiger charge is -2.16. The molecule has 3 N–H and O–H groups in total. The van der Waals surface area contributed by atoms with Gasteiger partial charge >= 0.3 is 6.09 Å². The first-order valence-electron chi connectivity index (χ1n) is 9.68. The van der Waals surface area contributed by atoms with Crippen molar-refractivity contribution in [3.05, 3.63) is 69.9 Å². The number of benzene rings is 1. The number of ether oxygens (including phenoxy) is 1. The highest BCUT2D eigenvalue weighted by molar-refractivity contribution is 5.69. The third-order valence-corrected chi connectivity index (χ3v) is 4.50. The molecule has 3 aromatic rings. The zero-order valence-corrected chi connectivity index (χ0v) is 17.0. The Hall–Kier alpha value is -3.46. The molecule has 0 atom stereocenters. The van der Waals surface area contributed by atoms with Gasteiger partial charge in [0, 0.05) is 18.7 Å². The van der Waals surface area contributed by atoms with Crippen molar-refractivity contribution in [2.24, 2.45) is 11.7 Å². The molecule has 0 unspecified atom stereocenters. The molecular formula is C21H25N5O4. The predicted molar refractivity (Wildman–Crippen MR) is 111 cm³/mol. The van der Waals surface area contributed by atoms with Crippen LogP contribution in [0.15, 0.2) is 47.7 Å². The van der Waals surface area contributed by atoms with E-state index in [-0.39, 0.29) is 18.5 Å². The van der Waals surface area contributed by atoms with Gasteiger partial charge in [-0.25, -0.2) is 9.48 Å². The first kappa shape index (κ1) is 21.3. The van der Waals surface area contributed by atoms with Crippen LogP contribution in [0.4, 0.5) is 4.79 Å². The van der Waals surface area contributed by atoms with Crippen molar-refractivity contribution < 1.29 is 14.6 Å². The number of hydrogen-bond donors (Lipinski definition) is 2. The van der Waals surface area contributed by atoms with Crippen molar-refractivity contribution in [1.29, 1.82) is 0 Å². The summed E-state index contributed by atoms with van der Waals surface area (Å²) in [6, 6.07) is 6.80. The summed E-state index contributed by atoms with van der Waals surface area (Å²) in [6.07, 6.45) is 4.99. The number of hydrogen-bond acceptors (Lipinski definition) is 6. The van der Waals surface area contributed by atoms with E-state index in [1.54, 1.807) is 40.1 Å². The number of carbonyl (C=O) groups excluding carboxylic acids is 1. The van der Waals surface area contributed by atoms with E-state index < -0.39 is 6.09 Å². The fourth-order valence-electron chi connectivity index (χ4n) is 3.21. The minimum atomic E-state index is -0.878. The molecule has 0 fully saturated rings. The number of nitrogens with zero attached hydrogens (tertiary/aromatic N) is 4. The van der Waals surface area contributed by atoms with E-state index in [1.807, 2.05) is 6.07 Å². The highest BCUT2D eigenvalue weighted by Crippen LogP contribution is 2.27. The number of aliphatic hydroxyl groups excluding tert-OH is 1. The summed E-state index contributed by atoms with van der Waals surface area (Å²) >= 11 is 0. The van der Waals surface area contributed by atoms with Gasteiger partial charge in [0.25, 0.3) is 0 Å². The number of nitrogens with two attached hydrogens (primary N) is 1. The van der Waals surface area contributed by atoms with Gasteiger partial charge in [0.05, 0.1) is 25.5 Å². The molecule has 158 valence electrons. The smallest absolute Gasteiger partial charge is 0.409 e. The molecule has 9 nitrogen and oxygen atoms in total. The molecule has 0 saturated carbocycles. The van der Waals surface area contributed by atoms with Gasteiger partial charge < -0.3 is 15.6 Å². The molecule has 3 rings (SSSR count). The Morgan fingerprint density at radius 3 is 2.80 bits per heavy atom. The lowest BCUT2D eigenvalue weighted by atomic mass is 9.94. The SMILES string of the molecule is CC(C)Cc1c(Cc2nn(-c3cnn(CCO)c3)ccc2=O)cccc1OC(N)=O. The summed E-state index contributed by atoms with van der Waals surface area (Å²) < 4.78 is 8.35. The van der Waals surface area contributed by atoms with Crippen LogP contribution in [-0.4, -0.2) is 37.4 Å². The van der Waals surface area contributed by atoms with Crippen LogP contribution >= 0.6 is 0 Å². The van der Waals surface area contributed by atoms with Gasteiger partial charge in [-0.1, -0.05) is 26.0 Å². The Morgan fingerprint density at radius 1 is 1.30 bits per heavy atom. The summed E-state index contributed by atoms with van der Waals surface area (Å²) in [7, 11) is 0. The maximum absolute atomic E-state index is 12.5. The Balaban J connectivity index is 1.97. The summed E-state index contributed by atoms with van der Waals surface area (Å²) in [5, 5.41) is 17.7. The molecule has 0 saturated heterocycles. The third-order valence-electron chi connectivity index (χ3n) is 4.50. The fourth-order valence-corrected chi connectivity index (χ4v) is 3.21. The standard InChI is InChI=1S/C21H25N5O4/c1-14(2)10-17-15(4-3-5-20(17)30-21(22)29)11-18-19(28)6-7-26(24-18)16-12-23-25(13-16)8-9-27/h3-7,12-14,27H,8-11H2,1-2H3,(H2,22,29). The van der Waals surface area contributed by atoms with Crippen LogP contribution in [0.5, 0.6) is 5.75 Å². The average molecular weight is 411 g/mol. The topological polar surface area (TPSA) is 125 Å². The number of primary amides is 1. The van der Waals surface area contributed by atoms with Crippen molar-refractivity contribution >= 4 is 6.09 Å². The molecule has 0 radical (unpaired) electrons. The van der Waals surface area contributed by atoms with Crippen molar-refractivity contribution in [3.63, 3.8) is 0 Å². The number of rotatable bonds is 8. The molecule has 0 spiro atoms. The summed E-state index contributed by atoms with van der Waals surface area (Å²) in [4.78, 5) is 23.8. The van der Waals surface area contributed by atoms with Gasteiger partial charge in [-0.05, 0) is 29.5 Å². The molecular weight excluding hydrogens is 386 g/mol. The molecule has 0 aliphatic heterocycles. The molecule has 0 aliphatic rings. The Kier molecular flexibility index (Phi) is 6.63. The minimum Gasteiger partial charge on any atom is -0.410 e. The highest BCUT2D eigenvalue weighted by atomic mass is 16.5. The largest absolute Gasteiger partial charge is 0.410 e. The number of aromatic nitrogens is 4. The predicted octanol–water partition coefficient (Wildman–Crippen LogP) is 1.67. The second-order valence-corrected chi connectivity index (χ2v) is 7.35. The van der Waals surface area contributed by atoms with Crippen LogP contribution in [0.1, 0.15) is 30.7 Å². The lowest BCUT2D eigenvalue weighted by Crippen LogP contribution is -2.19. The zero-order valence-electron chi connectivity index (χ0n) is 17.0. The van der Waals surface area contributed by atoms with Crippen LogP contribution < -0.4 is 15.9 Å². The Bertz CT molecular complexity index is 1090. The normalized spacial score (nSPS) is 11.1. The maximum atomic E-state index is 12.5. The molecule has 9 heteroatoms. The second kappa shape index (κ2) is 9.36. The van der Waals surface area contributed by atoms with Crippen molar-refractivity contribution in [1.82, 2.24) is 19.6 Å². The maximum Gasteiger partial charge on any atom is 0.409 e. The number of amides is 1. The van der Waals surface area contributed by atoms with Crippen molar-refractivity contribution in [2.75, 3.05) is 6.61 Å². The molecule has 30 heavy (non-hydrogen) atoms. The first-order valence-corrected chi connectivity index (χ1v) is 9.68. The van der Waals surface area contributed by atoms with Crippen LogP contribution in [0.2, 0.25) is 0 Å².